The molecule has 0 atom stereocenters. The minimum Gasteiger partial charge on any atom is -0.495 e. The Morgan fingerprint density at radius 2 is 1.65 bits per heavy atom. The van der Waals surface area contributed by atoms with Crippen molar-refractivity contribution in [1.82, 2.24) is 0 Å². The summed E-state index contributed by atoms with van der Waals surface area (Å²) in [7, 11) is 3.18. The van der Waals surface area contributed by atoms with E-state index in [1.165, 1.54) is 25.0 Å². The zero-order valence-electron chi connectivity index (χ0n) is 22.7. The van der Waals surface area contributed by atoms with Gasteiger partial charge in [-0.3, -0.25) is 9.79 Å². The van der Waals surface area contributed by atoms with Gasteiger partial charge >= 0.3 is 11.9 Å². The van der Waals surface area contributed by atoms with Crippen molar-refractivity contribution in [3.05, 3.63) is 96.1 Å². The van der Waals surface area contributed by atoms with Crippen molar-refractivity contribution in [1.29, 1.82) is 0 Å². The average Bonchev–Trinajstić information content (AvgIpc) is 2.95. The second kappa shape index (κ2) is 14.1. The van der Waals surface area contributed by atoms with Crippen LogP contribution in [0.25, 0.3) is 6.08 Å². The van der Waals surface area contributed by atoms with Crippen molar-refractivity contribution in [3.8, 4) is 17.2 Å². The molecule has 0 heterocycles. The highest BCUT2D eigenvalue weighted by molar-refractivity contribution is 5.94. The summed E-state index contributed by atoms with van der Waals surface area (Å²) in [5.41, 5.74) is 3.67. The van der Waals surface area contributed by atoms with Crippen LogP contribution in [0.4, 0.5) is 11.4 Å². The number of aliphatic imine (C=N–C) groups is 1. The molecule has 0 N–H and O–H groups in total. The monoisotopic (exact) mass is 542 g/mol. The molecule has 0 aliphatic rings. The molecule has 9 nitrogen and oxygen atoms in total. The summed E-state index contributed by atoms with van der Waals surface area (Å²) < 4.78 is 20.9. The van der Waals surface area contributed by atoms with Gasteiger partial charge in [-0.25, -0.2) is 9.59 Å². The Morgan fingerprint density at radius 1 is 0.950 bits per heavy atom. The summed E-state index contributed by atoms with van der Waals surface area (Å²) in [5.74, 6) is 0.228. The molecular formula is C31H30N2O7. The first-order valence-corrected chi connectivity index (χ1v) is 12.2. The van der Waals surface area contributed by atoms with E-state index in [2.05, 4.69) is 11.6 Å². The highest BCUT2D eigenvalue weighted by Gasteiger charge is 2.12. The fraction of sp³-hybridized carbons (Fsp3) is 0.161. The first-order valence-electron chi connectivity index (χ1n) is 12.2. The number of rotatable bonds is 11. The zero-order valence-corrected chi connectivity index (χ0v) is 22.7. The van der Waals surface area contributed by atoms with E-state index in [4.69, 9.17) is 18.9 Å². The summed E-state index contributed by atoms with van der Waals surface area (Å²) in [5, 5.41) is 0. The molecule has 0 saturated carbocycles. The number of carbonyl (C=O) groups is 3. The van der Waals surface area contributed by atoms with E-state index in [0.717, 1.165) is 17.2 Å². The van der Waals surface area contributed by atoms with Gasteiger partial charge in [0.2, 0.25) is 12.7 Å². The van der Waals surface area contributed by atoms with Crippen LogP contribution in [0.2, 0.25) is 0 Å². The lowest BCUT2D eigenvalue weighted by Crippen LogP contribution is -2.23. The zero-order chi connectivity index (χ0) is 29.1. The van der Waals surface area contributed by atoms with Gasteiger partial charge in [0, 0.05) is 32.3 Å². The minimum absolute atomic E-state index is 0.143. The molecule has 0 saturated heterocycles. The Bertz CT molecular complexity index is 1440. The van der Waals surface area contributed by atoms with Crippen LogP contribution in [0.1, 0.15) is 23.6 Å². The number of nitrogens with zero attached hydrogens (tertiary/aromatic N) is 2. The van der Waals surface area contributed by atoms with E-state index < -0.39 is 11.9 Å². The average molecular weight is 543 g/mol. The number of hydrogen-bond acceptors (Lipinski definition) is 8. The quantitative estimate of drug-likeness (QED) is 0.105. The van der Waals surface area contributed by atoms with E-state index in [0.29, 0.717) is 34.2 Å². The van der Waals surface area contributed by atoms with E-state index in [1.54, 1.807) is 67.9 Å². The third-order valence-electron chi connectivity index (χ3n) is 5.66. The molecule has 206 valence electrons. The van der Waals surface area contributed by atoms with E-state index in [9.17, 15) is 14.4 Å². The lowest BCUT2D eigenvalue weighted by Gasteiger charge is -2.18. The molecule has 1 amide bonds. The van der Waals surface area contributed by atoms with E-state index in [1.807, 2.05) is 19.1 Å². The molecule has 0 unspecified atom stereocenters. The molecule has 3 aromatic rings. The number of aryl methyl sites for hydroxylation is 1. The maximum atomic E-state index is 12.4. The van der Waals surface area contributed by atoms with Gasteiger partial charge in [0.15, 0.2) is 0 Å². The fourth-order valence-electron chi connectivity index (χ4n) is 3.40. The van der Waals surface area contributed by atoms with Gasteiger partial charge in [0.1, 0.15) is 17.2 Å². The van der Waals surface area contributed by atoms with Crippen LogP contribution in [-0.4, -0.2) is 45.0 Å². The predicted octanol–water partition coefficient (Wildman–Crippen LogP) is 5.42. The van der Waals surface area contributed by atoms with Crippen LogP contribution >= 0.6 is 0 Å². The first kappa shape index (κ1) is 29.4. The summed E-state index contributed by atoms with van der Waals surface area (Å²) in [6, 6.07) is 17.5. The van der Waals surface area contributed by atoms with Crippen LogP contribution in [0, 0.1) is 6.92 Å². The van der Waals surface area contributed by atoms with Gasteiger partial charge in [0.05, 0.1) is 18.5 Å². The highest BCUT2D eigenvalue weighted by Crippen LogP contribution is 2.29. The Morgan fingerprint density at radius 3 is 2.30 bits per heavy atom. The Hall–Kier alpha value is -5.18. The van der Waals surface area contributed by atoms with Gasteiger partial charge in [-0.1, -0.05) is 12.6 Å². The molecule has 0 aromatic heterocycles. The number of methoxy groups -OCH3 is 1. The number of esters is 2. The number of amides is 1. The first-order chi connectivity index (χ1) is 19.2. The van der Waals surface area contributed by atoms with Gasteiger partial charge in [0.25, 0.3) is 0 Å². The number of ether oxygens (including phenoxy) is 4. The molecule has 40 heavy (non-hydrogen) atoms. The van der Waals surface area contributed by atoms with Crippen molar-refractivity contribution < 1.29 is 33.3 Å². The largest absolute Gasteiger partial charge is 0.495 e. The molecular weight excluding hydrogens is 512 g/mol. The number of hydrogen-bond donors (Lipinski definition) is 0. The molecule has 0 bridgehead atoms. The van der Waals surface area contributed by atoms with Crippen LogP contribution in [0.5, 0.6) is 17.2 Å². The van der Waals surface area contributed by atoms with Crippen molar-refractivity contribution in [2.24, 2.45) is 4.99 Å². The van der Waals surface area contributed by atoms with Crippen LogP contribution in [0.3, 0.4) is 0 Å². The van der Waals surface area contributed by atoms with Crippen molar-refractivity contribution in [2.75, 3.05) is 25.9 Å². The predicted molar refractivity (Wildman–Crippen MR) is 153 cm³/mol. The van der Waals surface area contributed by atoms with Gasteiger partial charge in [-0.2, -0.15) is 0 Å². The van der Waals surface area contributed by atoms with Crippen LogP contribution in [-0.2, 0) is 19.1 Å². The molecule has 9 heteroatoms. The maximum Gasteiger partial charge on any atom is 0.336 e. The minimum atomic E-state index is -0.557. The number of anilines is 1. The number of carbonyl (C=O) groups excluding carboxylic acids is 3. The Kier molecular flexibility index (Phi) is 10.4. The summed E-state index contributed by atoms with van der Waals surface area (Å²) in [4.78, 5) is 41.2. The highest BCUT2D eigenvalue weighted by atomic mass is 16.7. The summed E-state index contributed by atoms with van der Waals surface area (Å²) in [6.45, 7) is 6.44. The van der Waals surface area contributed by atoms with Gasteiger partial charge in [-0.05, 0) is 84.3 Å². The van der Waals surface area contributed by atoms with Crippen molar-refractivity contribution in [3.63, 3.8) is 0 Å². The number of benzene rings is 3. The van der Waals surface area contributed by atoms with E-state index >= 15 is 0 Å². The molecule has 0 spiro atoms. The topological polar surface area (TPSA) is 104 Å². The summed E-state index contributed by atoms with van der Waals surface area (Å²) >= 11 is 0. The lowest BCUT2D eigenvalue weighted by atomic mass is 10.1. The molecule has 0 radical (unpaired) electrons. The third kappa shape index (κ3) is 8.42. The van der Waals surface area contributed by atoms with Crippen LogP contribution in [0.15, 0.2) is 84.4 Å². The lowest BCUT2D eigenvalue weighted by molar-refractivity contribution is -0.144. The second-order valence-corrected chi connectivity index (χ2v) is 8.47. The van der Waals surface area contributed by atoms with Crippen molar-refractivity contribution >= 4 is 41.5 Å². The summed E-state index contributed by atoms with van der Waals surface area (Å²) in [6.07, 6.45) is 5.69. The van der Waals surface area contributed by atoms with Gasteiger partial charge < -0.3 is 23.8 Å². The third-order valence-corrected chi connectivity index (χ3v) is 5.66. The molecule has 0 aliphatic carbocycles. The molecule has 0 aliphatic heterocycles. The molecule has 0 fully saturated rings. The Balaban J connectivity index is 1.59. The normalized spacial score (nSPS) is 10.8. The molecule has 3 aromatic carbocycles. The second-order valence-electron chi connectivity index (χ2n) is 8.47. The standard InChI is InChI=1S/C31H30N2O7/c1-6-30(35)39-20-38-25-11-7-24(8-12-25)19-32-27-14-13-26(17-21(27)2)40-31(36)16-10-23-9-15-29(37-5)28(18-23)33(4)22(3)34/h6-19H,1,20H2,2-5H3/b16-10+,32-19?. The Labute approximate surface area is 233 Å². The van der Waals surface area contributed by atoms with E-state index in [-0.39, 0.29) is 12.7 Å². The van der Waals surface area contributed by atoms with Crippen LogP contribution < -0.4 is 19.1 Å². The maximum absolute atomic E-state index is 12.4. The van der Waals surface area contributed by atoms with Crippen molar-refractivity contribution in [2.45, 2.75) is 13.8 Å². The fourth-order valence-corrected chi connectivity index (χ4v) is 3.40. The SMILES string of the molecule is C=CC(=O)OCOc1ccc(C=Nc2ccc(OC(=O)/C=C/c3ccc(OC)c(N(C)C(C)=O)c3)cc2C)cc1. The van der Waals surface area contributed by atoms with Gasteiger partial charge in [-0.15, -0.1) is 0 Å². The molecule has 3 rings (SSSR count). The smallest absolute Gasteiger partial charge is 0.336 e.